The second kappa shape index (κ2) is 5.38. The second-order valence-corrected chi connectivity index (χ2v) is 6.14. The third-order valence-electron chi connectivity index (χ3n) is 2.77. The Balaban J connectivity index is 3.54. The molecule has 0 bridgehead atoms. The van der Waals surface area contributed by atoms with Crippen molar-refractivity contribution in [3.63, 3.8) is 0 Å². The zero-order valence-corrected chi connectivity index (χ0v) is 11.7. The Morgan fingerprint density at radius 1 is 1.37 bits per heavy atom. The molecule has 0 fully saturated rings. The summed E-state index contributed by atoms with van der Waals surface area (Å²) in [6.45, 7) is 3.23. The molecule has 0 aliphatic heterocycles. The van der Waals surface area contributed by atoms with Gasteiger partial charge < -0.3 is 0 Å². The smallest absolute Gasteiger partial charge is 0.258 e. The summed E-state index contributed by atoms with van der Waals surface area (Å²) in [5.74, 6) is 2.19. The van der Waals surface area contributed by atoms with E-state index in [0.29, 0.717) is 11.1 Å². The molecule has 0 aromatic heterocycles. The van der Waals surface area contributed by atoms with Gasteiger partial charge in [-0.2, -0.15) is 4.31 Å². The van der Waals surface area contributed by atoms with E-state index < -0.39 is 20.6 Å². The molecule has 0 saturated carbocycles. The summed E-state index contributed by atoms with van der Waals surface area (Å²) in [4.78, 5) is 9.95. The molecule has 0 aliphatic rings. The SMILES string of the molecule is C#CCN(C)S(=O)(=O)c1cc(C)c(C)cc1[N+](=O)[O-]. The molecule has 0 N–H and O–H groups in total. The first-order chi connectivity index (χ1) is 8.71. The number of nitrogens with zero attached hydrogens (tertiary/aromatic N) is 2. The Labute approximate surface area is 112 Å². The Kier molecular flexibility index (Phi) is 4.29. The van der Waals surface area contributed by atoms with Gasteiger partial charge in [0.1, 0.15) is 0 Å². The lowest BCUT2D eigenvalue weighted by Gasteiger charge is -2.15. The number of nitro groups is 1. The summed E-state index contributed by atoms with van der Waals surface area (Å²) in [6, 6.07) is 2.56. The highest BCUT2D eigenvalue weighted by atomic mass is 32.2. The number of hydrogen-bond donors (Lipinski definition) is 0. The highest BCUT2D eigenvalue weighted by Gasteiger charge is 2.29. The van der Waals surface area contributed by atoms with E-state index in [9.17, 15) is 18.5 Å². The van der Waals surface area contributed by atoms with Crippen molar-refractivity contribution >= 4 is 15.7 Å². The number of hydrogen-bond acceptors (Lipinski definition) is 4. The van der Waals surface area contributed by atoms with E-state index in [1.54, 1.807) is 13.8 Å². The predicted octanol–water partition coefficient (Wildman–Crippen LogP) is 1.47. The normalized spacial score (nSPS) is 11.3. The maximum atomic E-state index is 12.2. The summed E-state index contributed by atoms with van der Waals surface area (Å²) in [7, 11) is -2.68. The molecule has 0 saturated heterocycles. The molecule has 0 heterocycles. The van der Waals surface area contributed by atoms with Gasteiger partial charge in [0.05, 0.1) is 11.5 Å². The Bertz CT molecular complexity index is 659. The van der Waals surface area contributed by atoms with Crippen molar-refractivity contribution in [2.75, 3.05) is 13.6 Å². The molecular formula is C12H14N2O4S. The van der Waals surface area contributed by atoms with Crippen LogP contribution in [0.3, 0.4) is 0 Å². The molecule has 1 aromatic carbocycles. The molecular weight excluding hydrogens is 268 g/mol. The van der Waals surface area contributed by atoms with Crippen molar-refractivity contribution in [1.29, 1.82) is 0 Å². The lowest BCUT2D eigenvalue weighted by atomic mass is 10.1. The van der Waals surface area contributed by atoms with Gasteiger partial charge in [-0.25, -0.2) is 8.42 Å². The Morgan fingerprint density at radius 2 is 1.89 bits per heavy atom. The van der Waals surface area contributed by atoms with Crippen molar-refractivity contribution in [1.82, 2.24) is 4.31 Å². The summed E-state index contributed by atoms with van der Waals surface area (Å²) >= 11 is 0. The summed E-state index contributed by atoms with van der Waals surface area (Å²) in [6.07, 6.45) is 5.07. The lowest BCUT2D eigenvalue weighted by molar-refractivity contribution is -0.387. The fourth-order valence-electron chi connectivity index (χ4n) is 1.51. The number of rotatable bonds is 4. The van der Waals surface area contributed by atoms with E-state index >= 15 is 0 Å². The number of benzene rings is 1. The fraction of sp³-hybridized carbons (Fsp3) is 0.333. The maximum Gasteiger partial charge on any atom is 0.289 e. The average Bonchev–Trinajstić information content (AvgIpc) is 2.31. The number of terminal acetylenes is 1. The van der Waals surface area contributed by atoms with Crippen molar-refractivity contribution in [3.05, 3.63) is 33.4 Å². The van der Waals surface area contributed by atoms with Crippen molar-refractivity contribution < 1.29 is 13.3 Å². The Morgan fingerprint density at radius 3 is 2.37 bits per heavy atom. The summed E-state index contributed by atoms with van der Waals surface area (Å²) in [5, 5.41) is 11.0. The quantitative estimate of drug-likeness (QED) is 0.476. The molecule has 0 spiro atoms. The highest BCUT2D eigenvalue weighted by molar-refractivity contribution is 7.89. The van der Waals surface area contributed by atoms with Gasteiger partial charge in [0.15, 0.2) is 4.90 Å². The van der Waals surface area contributed by atoms with Gasteiger partial charge in [0.25, 0.3) is 15.7 Å². The van der Waals surface area contributed by atoms with Crippen LogP contribution in [0.25, 0.3) is 0 Å². The molecule has 19 heavy (non-hydrogen) atoms. The minimum absolute atomic E-state index is 0.146. The molecule has 0 aliphatic carbocycles. The first-order valence-electron chi connectivity index (χ1n) is 5.37. The first kappa shape index (κ1) is 15.1. The number of sulfonamides is 1. The summed E-state index contributed by atoms with van der Waals surface area (Å²) in [5.41, 5.74) is 0.885. The average molecular weight is 282 g/mol. The van der Waals surface area contributed by atoms with Crippen molar-refractivity contribution in [2.45, 2.75) is 18.7 Å². The van der Waals surface area contributed by atoms with Gasteiger partial charge in [-0.15, -0.1) is 6.42 Å². The van der Waals surface area contributed by atoms with Crippen LogP contribution in [0, 0.1) is 36.3 Å². The largest absolute Gasteiger partial charge is 0.289 e. The van der Waals surface area contributed by atoms with Crippen LogP contribution in [0.1, 0.15) is 11.1 Å². The summed E-state index contributed by atoms with van der Waals surface area (Å²) < 4.78 is 25.4. The first-order valence-corrected chi connectivity index (χ1v) is 6.81. The van der Waals surface area contributed by atoms with E-state index in [1.165, 1.54) is 19.2 Å². The predicted molar refractivity (Wildman–Crippen MR) is 71.2 cm³/mol. The van der Waals surface area contributed by atoms with Crippen LogP contribution in [0.2, 0.25) is 0 Å². The zero-order valence-electron chi connectivity index (χ0n) is 10.9. The molecule has 0 amide bonds. The van der Waals surface area contributed by atoms with E-state index in [4.69, 9.17) is 6.42 Å². The van der Waals surface area contributed by atoms with E-state index in [-0.39, 0.29) is 11.4 Å². The van der Waals surface area contributed by atoms with Crippen LogP contribution in [0.15, 0.2) is 17.0 Å². The molecule has 7 heteroatoms. The van der Waals surface area contributed by atoms with Gasteiger partial charge in [0, 0.05) is 13.1 Å². The Hall–Kier alpha value is -1.91. The maximum absolute atomic E-state index is 12.2. The zero-order chi connectivity index (χ0) is 14.8. The topological polar surface area (TPSA) is 80.5 Å². The molecule has 102 valence electrons. The molecule has 0 unspecified atom stereocenters. The van der Waals surface area contributed by atoms with E-state index in [0.717, 1.165) is 4.31 Å². The van der Waals surface area contributed by atoms with Gasteiger partial charge in [-0.3, -0.25) is 10.1 Å². The number of nitro benzene ring substituents is 1. The van der Waals surface area contributed by atoms with Gasteiger partial charge in [0.2, 0.25) is 0 Å². The lowest BCUT2D eigenvalue weighted by Crippen LogP contribution is -2.28. The van der Waals surface area contributed by atoms with E-state index in [2.05, 4.69) is 5.92 Å². The minimum Gasteiger partial charge on any atom is -0.258 e. The molecule has 1 rings (SSSR count). The van der Waals surface area contributed by atoms with Gasteiger partial charge >= 0.3 is 0 Å². The second-order valence-electron chi connectivity index (χ2n) is 4.13. The molecule has 0 atom stereocenters. The van der Waals surface area contributed by atoms with Crippen LogP contribution in [-0.4, -0.2) is 31.2 Å². The standard InChI is InChI=1S/C12H14N2O4S/c1-5-6-13(4)19(17,18)12-8-10(3)9(2)7-11(12)14(15)16/h1,7-8H,6H2,2-4H3. The van der Waals surface area contributed by atoms with Crippen molar-refractivity contribution in [2.24, 2.45) is 0 Å². The fourth-order valence-corrected chi connectivity index (χ4v) is 2.81. The van der Waals surface area contributed by atoms with Gasteiger partial charge in [-0.1, -0.05) is 5.92 Å². The minimum atomic E-state index is -3.97. The molecule has 1 aromatic rings. The van der Waals surface area contributed by atoms with Crippen LogP contribution < -0.4 is 0 Å². The van der Waals surface area contributed by atoms with Crippen LogP contribution >= 0.6 is 0 Å². The van der Waals surface area contributed by atoms with E-state index in [1.807, 2.05) is 0 Å². The van der Waals surface area contributed by atoms with Crippen molar-refractivity contribution in [3.8, 4) is 12.3 Å². The monoisotopic (exact) mass is 282 g/mol. The van der Waals surface area contributed by atoms with Gasteiger partial charge in [-0.05, 0) is 31.0 Å². The number of aryl methyl sites for hydroxylation is 2. The molecule has 6 nitrogen and oxygen atoms in total. The third-order valence-corrected chi connectivity index (χ3v) is 4.61. The van der Waals surface area contributed by atoms with Crippen LogP contribution in [0.4, 0.5) is 5.69 Å². The highest BCUT2D eigenvalue weighted by Crippen LogP contribution is 2.29. The third kappa shape index (κ3) is 2.92. The van der Waals surface area contributed by atoms with Crippen LogP contribution in [0.5, 0.6) is 0 Å². The molecule has 0 radical (unpaired) electrons. The van der Waals surface area contributed by atoms with Crippen LogP contribution in [-0.2, 0) is 10.0 Å².